The van der Waals surface area contributed by atoms with Gasteiger partial charge in [-0.05, 0) is 44.8 Å². The fourth-order valence-electron chi connectivity index (χ4n) is 1.60. The van der Waals surface area contributed by atoms with E-state index in [-0.39, 0.29) is 11.7 Å². The van der Waals surface area contributed by atoms with Crippen molar-refractivity contribution in [2.24, 2.45) is 0 Å². The largest absolute Gasteiger partial charge is 0.491 e. The highest BCUT2D eigenvalue weighted by molar-refractivity contribution is 9.11. The Morgan fingerprint density at radius 1 is 1.48 bits per heavy atom. The Hall–Kier alpha value is -1.17. The lowest BCUT2D eigenvalue weighted by atomic mass is 10.2. The van der Waals surface area contributed by atoms with Crippen molar-refractivity contribution >= 4 is 37.5 Å². The summed E-state index contributed by atoms with van der Waals surface area (Å²) in [4.78, 5) is 10.3. The number of nitrogens with zero attached hydrogens (tertiary/aromatic N) is 2. The van der Waals surface area contributed by atoms with Crippen LogP contribution >= 0.6 is 31.9 Å². The molecule has 0 saturated carbocycles. The number of hydrogen-bond donors (Lipinski definition) is 1. The number of benzene rings is 1. The second-order valence-electron chi connectivity index (χ2n) is 4.27. The molecule has 1 aromatic rings. The van der Waals surface area contributed by atoms with E-state index < -0.39 is 4.92 Å². The molecule has 8 heteroatoms. The van der Waals surface area contributed by atoms with Crippen LogP contribution in [0.15, 0.2) is 21.1 Å². The van der Waals surface area contributed by atoms with Gasteiger partial charge in [0.05, 0.1) is 32.6 Å². The highest BCUT2D eigenvalue weighted by Crippen LogP contribution is 2.37. The molecular weight excluding hydrogens is 406 g/mol. The molecule has 0 bridgehead atoms. The van der Waals surface area contributed by atoms with Crippen molar-refractivity contribution in [1.82, 2.24) is 5.32 Å². The monoisotopic (exact) mass is 419 g/mol. The summed E-state index contributed by atoms with van der Waals surface area (Å²) in [6.07, 6.45) is 1.49. The second-order valence-corrected chi connectivity index (χ2v) is 5.98. The summed E-state index contributed by atoms with van der Waals surface area (Å²) in [5, 5.41) is 22.8. The molecule has 1 atom stereocenters. The number of nitrogens with one attached hydrogen (secondary N) is 1. The zero-order chi connectivity index (χ0) is 15.8. The first-order valence-corrected chi connectivity index (χ1v) is 7.97. The third kappa shape index (κ3) is 5.61. The lowest BCUT2D eigenvalue weighted by Gasteiger charge is -2.13. The highest BCUT2D eigenvalue weighted by Gasteiger charge is 2.15. The van der Waals surface area contributed by atoms with E-state index in [2.05, 4.69) is 43.2 Å². The second kappa shape index (κ2) is 8.97. The number of halogens is 2. The van der Waals surface area contributed by atoms with E-state index >= 15 is 0 Å². The number of nitro benzene ring substituents is 1. The summed E-state index contributed by atoms with van der Waals surface area (Å²) < 4.78 is 6.60. The Morgan fingerprint density at radius 3 is 2.57 bits per heavy atom. The predicted octanol–water partition coefficient (Wildman–Crippen LogP) is 3.78. The van der Waals surface area contributed by atoms with Gasteiger partial charge in [0.1, 0.15) is 5.75 Å². The lowest BCUT2D eigenvalue weighted by molar-refractivity contribution is -0.385. The van der Waals surface area contributed by atoms with Crippen LogP contribution in [0.25, 0.3) is 0 Å². The molecule has 0 radical (unpaired) electrons. The summed E-state index contributed by atoms with van der Waals surface area (Å²) in [5.74, 6) is 0.493. The van der Waals surface area contributed by atoms with Crippen LogP contribution in [0.1, 0.15) is 19.8 Å². The molecular formula is C13H15Br2N3O3. The lowest BCUT2D eigenvalue weighted by Crippen LogP contribution is -2.29. The number of non-ortho nitro benzene ring substituents is 1. The number of nitriles is 1. The van der Waals surface area contributed by atoms with Crippen molar-refractivity contribution in [3.63, 3.8) is 0 Å². The summed E-state index contributed by atoms with van der Waals surface area (Å²) in [5.41, 5.74) is -0.0272. The average molecular weight is 421 g/mol. The molecule has 0 heterocycles. The summed E-state index contributed by atoms with van der Waals surface area (Å²) in [6.45, 7) is 3.15. The van der Waals surface area contributed by atoms with Crippen LogP contribution in [0.4, 0.5) is 5.69 Å². The number of rotatable bonds is 8. The van der Waals surface area contributed by atoms with Crippen LogP contribution in [-0.2, 0) is 0 Å². The Morgan fingerprint density at radius 2 is 2.10 bits per heavy atom. The van der Waals surface area contributed by atoms with Gasteiger partial charge in [-0.25, -0.2) is 0 Å². The first-order valence-electron chi connectivity index (χ1n) is 6.38. The van der Waals surface area contributed by atoms with Crippen LogP contribution < -0.4 is 10.1 Å². The molecule has 6 nitrogen and oxygen atoms in total. The van der Waals surface area contributed by atoms with Gasteiger partial charge in [-0.3, -0.25) is 10.1 Å². The van der Waals surface area contributed by atoms with Gasteiger partial charge in [-0.15, -0.1) is 0 Å². The van der Waals surface area contributed by atoms with E-state index in [4.69, 9.17) is 10.00 Å². The van der Waals surface area contributed by atoms with E-state index in [0.29, 0.717) is 27.7 Å². The Balaban J connectivity index is 2.64. The van der Waals surface area contributed by atoms with Crippen molar-refractivity contribution in [1.29, 1.82) is 5.26 Å². The molecule has 0 spiro atoms. The molecule has 1 unspecified atom stereocenters. The Labute approximate surface area is 139 Å². The normalized spacial score (nSPS) is 11.7. The van der Waals surface area contributed by atoms with E-state index in [1.807, 2.05) is 6.92 Å². The van der Waals surface area contributed by atoms with E-state index in [1.165, 1.54) is 12.1 Å². The van der Waals surface area contributed by atoms with Crippen molar-refractivity contribution in [2.45, 2.75) is 25.8 Å². The minimum Gasteiger partial charge on any atom is -0.491 e. The zero-order valence-electron chi connectivity index (χ0n) is 11.4. The number of ether oxygens (including phenoxy) is 1. The third-order valence-electron chi connectivity index (χ3n) is 2.64. The molecule has 0 aromatic heterocycles. The summed E-state index contributed by atoms with van der Waals surface area (Å²) in [7, 11) is 0. The van der Waals surface area contributed by atoms with Crippen molar-refractivity contribution in [3.8, 4) is 11.8 Å². The molecule has 0 fully saturated rings. The molecule has 0 saturated heterocycles. The van der Waals surface area contributed by atoms with Gasteiger partial charge >= 0.3 is 0 Å². The summed E-state index contributed by atoms with van der Waals surface area (Å²) in [6, 6.07) is 4.68. The quantitative estimate of drug-likeness (QED) is 0.510. The molecule has 0 aliphatic heterocycles. The number of hydrogen-bond acceptors (Lipinski definition) is 5. The van der Waals surface area contributed by atoms with Gasteiger partial charge in [0.15, 0.2) is 0 Å². The van der Waals surface area contributed by atoms with Gasteiger partial charge in [0.25, 0.3) is 5.69 Å². The van der Waals surface area contributed by atoms with Crippen LogP contribution in [-0.4, -0.2) is 24.1 Å². The zero-order valence-corrected chi connectivity index (χ0v) is 14.6. The fourth-order valence-corrected chi connectivity index (χ4v) is 2.99. The fraction of sp³-hybridized carbons (Fsp3) is 0.462. The summed E-state index contributed by atoms with van der Waals surface area (Å²) >= 11 is 6.50. The Bertz CT molecular complexity index is 523. The standard InChI is InChI=1S/C13H15Br2N3O3/c1-2-4-17-9(8-16)3-5-21-13-11(14)6-10(18(19)20)7-12(13)15/h6-7,9,17H,2-5H2,1H3. The maximum absolute atomic E-state index is 10.7. The van der Waals surface area contributed by atoms with Crippen LogP contribution in [0.2, 0.25) is 0 Å². The average Bonchev–Trinajstić information content (AvgIpc) is 2.44. The first kappa shape index (κ1) is 17.9. The van der Waals surface area contributed by atoms with E-state index in [0.717, 1.165) is 13.0 Å². The highest BCUT2D eigenvalue weighted by atomic mass is 79.9. The van der Waals surface area contributed by atoms with Gasteiger partial charge in [0, 0.05) is 18.6 Å². The molecule has 1 rings (SSSR count). The van der Waals surface area contributed by atoms with Crippen molar-refractivity contribution in [3.05, 3.63) is 31.2 Å². The van der Waals surface area contributed by atoms with Gasteiger partial charge in [-0.1, -0.05) is 6.92 Å². The van der Waals surface area contributed by atoms with Crippen LogP contribution in [0.3, 0.4) is 0 Å². The minimum absolute atomic E-state index is 0.0272. The molecule has 114 valence electrons. The van der Waals surface area contributed by atoms with E-state index in [9.17, 15) is 10.1 Å². The maximum Gasteiger partial charge on any atom is 0.271 e. The van der Waals surface area contributed by atoms with Crippen molar-refractivity contribution < 1.29 is 9.66 Å². The molecule has 0 aliphatic carbocycles. The predicted molar refractivity (Wildman–Crippen MR) is 86.3 cm³/mol. The maximum atomic E-state index is 10.7. The molecule has 0 aliphatic rings. The van der Waals surface area contributed by atoms with Crippen LogP contribution in [0, 0.1) is 21.4 Å². The Kier molecular flexibility index (Phi) is 7.64. The van der Waals surface area contributed by atoms with Crippen LogP contribution in [0.5, 0.6) is 5.75 Å². The molecule has 0 amide bonds. The van der Waals surface area contributed by atoms with Crippen molar-refractivity contribution in [2.75, 3.05) is 13.2 Å². The van der Waals surface area contributed by atoms with E-state index in [1.54, 1.807) is 0 Å². The third-order valence-corrected chi connectivity index (χ3v) is 3.82. The smallest absolute Gasteiger partial charge is 0.271 e. The number of nitro groups is 1. The minimum atomic E-state index is -0.473. The first-order chi connectivity index (χ1) is 9.99. The molecule has 1 aromatic carbocycles. The SMILES string of the molecule is CCCNC(C#N)CCOc1c(Br)cc([N+](=O)[O-])cc1Br. The molecule has 21 heavy (non-hydrogen) atoms. The van der Waals surface area contributed by atoms with Gasteiger partial charge in [-0.2, -0.15) is 5.26 Å². The van der Waals surface area contributed by atoms with Gasteiger partial charge < -0.3 is 10.1 Å². The molecule has 1 N–H and O–H groups in total. The topological polar surface area (TPSA) is 88.2 Å². The van der Waals surface area contributed by atoms with Gasteiger partial charge in [0.2, 0.25) is 0 Å².